The summed E-state index contributed by atoms with van der Waals surface area (Å²) >= 11 is 0. The molecule has 0 spiro atoms. The molecule has 31 heavy (non-hydrogen) atoms. The molecule has 0 N–H and O–H groups in total. The van der Waals surface area contributed by atoms with Crippen molar-refractivity contribution in [1.29, 1.82) is 0 Å². The van der Waals surface area contributed by atoms with Crippen LogP contribution in [0, 0.1) is 5.92 Å². The van der Waals surface area contributed by atoms with Crippen molar-refractivity contribution in [2.75, 3.05) is 85.5 Å². The van der Waals surface area contributed by atoms with Crippen LogP contribution in [0.5, 0.6) is 0 Å². The number of aromatic nitrogens is 1. The minimum absolute atomic E-state index is 0.222. The zero-order valence-electron chi connectivity index (χ0n) is 18.4. The summed E-state index contributed by atoms with van der Waals surface area (Å²) in [5.41, 5.74) is 4.23. The Kier molecular flexibility index (Phi) is 5.48. The van der Waals surface area contributed by atoms with Crippen LogP contribution in [0.4, 0.5) is 0 Å². The first kappa shape index (κ1) is 20.1. The molecule has 1 saturated carbocycles. The van der Waals surface area contributed by atoms with Gasteiger partial charge in [0.15, 0.2) is 0 Å². The second kappa shape index (κ2) is 8.45. The van der Waals surface area contributed by atoms with Gasteiger partial charge in [0.25, 0.3) is 0 Å². The topological polar surface area (TPSA) is 50.3 Å². The Labute approximate surface area is 184 Å². The van der Waals surface area contributed by atoms with Gasteiger partial charge in [-0.1, -0.05) is 6.07 Å². The average Bonchev–Trinajstić information content (AvgIpc) is 3.56. The van der Waals surface area contributed by atoms with Gasteiger partial charge >= 0.3 is 0 Å². The van der Waals surface area contributed by atoms with Crippen molar-refractivity contribution in [1.82, 2.24) is 19.7 Å². The van der Waals surface area contributed by atoms with E-state index in [0.717, 1.165) is 90.2 Å². The maximum atomic E-state index is 6.37. The van der Waals surface area contributed by atoms with Crippen molar-refractivity contribution >= 4 is 5.76 Å². The predicted molar refractivity (Wildman–Crippen MR) is 118 cm³/mol. The van der Waals surface area contributed by atoms with Crippen molar-refractivity contribution in [3.8, 4) is 0 Å². The molecule has 0 bridgehead atoms. The zero-order valence-corrected chi connectivity index (χ0v) is 18.4. The highest BCUT2D eigenvalue weighted by Gasteiger charge is 2.62. The molecule has 0 aromatic carbocycles. The molecule has 7 nitrogen and oxygen atoms in total. The van der Waals surface area contributed by atoms with Crippen LogP contribution >= 0.6 is 0 Å². The molecule has 6 rings (SSSR count). The lowest BCUT2D eigenvalue weighted by atomic mass is 9.82. The van der Waals surface area contributed by atoms with Crippen molar-refractivity contribution in [3.63, 3.8) is 0 Å². The first-order chi connectivity index (χ1) is 15.3. The third-order valence-corrected chi connectivity index (χ3v) is 7.79. The van der Waals surface area contributed by atoms with Crippen LogP contribution in [0.25, 0.3) is 5.76 Å². The molecule has 0 radical (unpaired) electrons. The van der Waals surface area contributed by atoms with Crippen molar-refractivity contribution in [3.05, 3.63) is 35.2 Å². The first-order valence-electron chi connectivity index (χ1n) is 12.0. The standard InChI is InChI=1S/C24H34N4O3/c1-3-20-22(25-4-1)23-19(21-15-24(20,21)17-27-9-13-30-14-10-27)16-28(18-31-23)6-2-5-26-7-11-29-12-8-26/h1,3-4,21H,2,5-18H2. The van der Waals surface area contributed by atoms with E-state index in [4.69, 9.17) is 19.2 Å². The summed E-state index contributed by atoms with van der Waals surface area (Å²) in [6, 6.07) is 4.40. The van der Waals surface area contributed by atoms with Gasteiger partial charge in [-0.15, -0.1) is 0 Å². The van der Waals surface area contributed by atoms with Gasteiger partial charge < -0.3 is 14.2 Å². The highest BCUT2D eigenvalue weighted by atomic mass is 16.5. The second-order valence-corrected chi connectivity index (χ2v) is 9.69. The number of ether oxygens (including phenoxy) is 3. The lowest BCUT2D eigenvalue weighted by Crippen LogP contribution is -2.44. The van der Waals surface area contributed by atoms with Crippen LogP contribution in [-0.4, -0.2) is 105 Å². The molecular formula is C24H34N4O3. The highest BCUT2D eigenvalue weighted by Crippen LogP contribution is 2.64. The normalized spacial score (nSPS) is 31.5. The molecule has 7 heteroatoms. The average molecular weight is 427 g/mol. The summed E-state index contributed by atoms with van der Waals surface area (Å²) < 4.78 is 17.4. The summed E-state index contributed by atoms with van der Waals surface area (Å²) in [6.07, 6.45) is 4.34. The van der Waals surface area contributed by atoms with Crippen molar-refractivity contribution in [2.45, 2.75) is 18.3 Å². The summed E-state index contributed by atoms with van der Waals surface area (Å²) in [5.74, 6) is 1.68. The number of hydrogen-bond acceptors (Lipinski definition) is 7. The molecular weight excluding hydrogens is 392 g/mol. The van der Waals surface area contributed by atoms with Gasteiger partial charge in [0, 0.05) is 57.4 Å². The van der Waals surface area contributed by atoms with Crippen LogP contribution in [0.2, 0.25) is 0 Å². The molecule has 4 heterocycles. The van der Waals surface area contributed by atoms with Crippen LogP contribution in [-0.2, 0) is 19.6 Å². The number of hydrogen-bond donors (Lipinski definition) is 0. The number of rotatable bonds is 6. The van der Waals surface area contributed by atoms with Crippen LogP contribution in [0.3, 0.4) is 0 Å². The van der Waals surface area contributed by atoms with E-state index in [2.05, 4.69) is 26.8 Å². The molecule has 3 fully saturated rings. The largest absolute Gasteiger partial charge is 0.476 e. The maximum absolute atomic E-state index is 6.37. The Morgan fingerprint density at radius 3 is 2.52 bits per heavy atom. The van der Waals surface area contributed by atoms with Gasteiger partial charge in [-0.25, -0.2) is 0 Å². The fourth-order valence-corrected chi connectivity index (χ4v) is 6.05. The molecule has 2 atom stereocenters. The van der Waals surface area contributed by atoms with Gasteiger partial charge in [-0.05, 0) is 42.5 Å². The van der Waals surface area contributed by atoms with E-state index in [0.29, 0.717) is 12.6 Å². The molecule has 2 unspecified atom stereocenters. The SMILES string of the molecule is c1cnc2c(c1)C1(CN3CCOCC3)CC1C1=C2OCN(CCCN2CCOCC2)C1. The molecule has 2 saturated heterocycles. The molecule has 0 amide bonds. The van der Waals surface area contributed by atoms with Crippen LogP contribution in [0.1, 0.15) is 24.1 Å². The summed E-state index contributed by atoms with van der Waals surface area (Å²) in [6.45, 7) is 12.8. The van der Waals surface area contributed by atoms with Crippen LogP contribution in [0.15, 0.2) is 23.9 Å². The molecule has 5 aliphatic rings. The predicted octanol–water partition coefficient (Wildman–Crippen LogP) is 1.41. The Balaban J connectivity index is 1.16. The van der Waals surface area contributed by atoms with E-state index >= 15 is 0 Å². The zero-order chi connectivity index (χ0) is 20.7. The molecule has 168 valence electrons. The van der Waals surface area contributed by atoms with Gasteiger partial charge in [0.1, 0.15) is 18.2 Å². The van der Waals surface area contributed by atoms with E-state index < -0.39 is 0 Å². The molecule has 1 aromatic rings. The highest BCUT2D eigenvalue weighted by molar-refractivity contribution is 5.72. The smallest absolute Gasteiger partial charge is 0.148 e. The minimum atomic E-state index is 0.222. The van der Waals surface area contributed by atoms with Crippen molar-refractivity contribution in [2.24, 2.45) is 5.92 Å². The van der Waals surface area contributed by atoms with E-state index in [1.807, 2.05) is 6.20 Å². The summed E-state index contributed by atoms with van der Waals surface area (Å²) in [4.78, 5) is 12.4. The van der Waals surface area contributed by atoms with Gasteiger partial charge in [-0.2, -0.15) is 0 Å². The van der Waals surface area contributed by atoms with E-state index in [1.165, 1.54) is 24.0 Å². The van der Waals surface area contributed by atoms with Gasteiger partial charge in [0.2, 0.25) is 0 Å². The van der Waals surface area contributed by atoms with Gasteiger partial charge in [-0.3, -0.25) is 19.7 Å². The van der Waals surface area contributed by atoms with Gasteiger partial charge in [0.05, 0.1) is 26.4 Å². The lowest BCUT2D eigenvalue weighted by Gasteiger charge is -2.38. The fraction of sp³-hybridized carbons (Fsp3) is 0.708. The maximum Gasteiger partial charge on any atom is 0.148 e. The third-order valence-electron chi connectivity index (χ3n) is 7.79. The number of pyridine rings is 1. The number of morpholine rings is 2. The first-order valence-corrected chi connectivity index (χ1v) is 12.0. The van der Waals surface area contributed by atoms with E-state index in [9.17, 15) is 0 Å². The van der Waals surface area contributed by atoms with Crippen molar-refractivity contribution < 1.29 is 14.2 Å². The minimum Gasteiger partial charge on any atom is -0.476 e. The Hall–Kier alpha value is -1.51. The summed E-state index contributed by atoms with van der Waals surface area (Å²) in [7, 11) is 0. The monoisotopic (exact) mass is 426 g/mol. The van der Waals surface area contributed by atoms with E-state index in [-0.39, 0.29) is 5.41 Å². The number of fused-ring (bicyclic) bond motifs is 5. The molecule has 2 aliphatic carbocycles. The number of nitrogens with zero attached hydrogens (tertiary/aromatic N) is 4. The fourth-order valence-electron chi connectivity index (χ4n) is 6.05. The Morgan fingerprint density at radius 1 is 0.968 bits per heavy atom. The quantitative estimate of drug-likeness (QED) is 0.682. The summed E-state index contributed by atoms with van der Waals surface area (Å²) in [5, 5.41) is 0. The van der Waals surface area contributed by atoms with E-state index in [1.54, 1.807) is 0 Å². The molecule has 1 aromatic heterocycles. The van der Waals surface area contributed by atoms with Crippen LogP contribution < -0.4 is 0 Å². The Bertz CT molecular complexity index is 834. The second-order valence-electron chi connectivity index (χ2n) is 9.69. The third kappa shape index (κ3) is 3.80. The lowest BCUT2D eigenvalue weighted by molar-refractivity contribution is 0.0309. The molecule has 3 aliphatic heterocycles. The Morgan fingerprint density at radius 2 is 1.71 bits per heavy atom.